The van der Waals surface area contributed by atoms with E-state index in [9.17, 15) is 4.57 Å². The molecule has 0 spiro atoms. The first-order valence-corrected chi connectivity index (χ1v) is 13.5. The topological polar surface area (TPSA) is 90.9 Å². The highest BCUT2D eigenvalue weighted by Crippen LogP contribution is 2.48. The zero-order chi connectivity index (χ0) is 19.4. The Kier molecular flexibility index (Phi) is 12.9. The van der Waals surface area contributed by atoms with Gasteiger partial charge in [0.1, 0.15) is 0 Å². The average molecular weight is 421 g/mol. The van der Waals surface area contributed by atoms with Gasteiger partial charge in [-0.3, -0.25) is 4.57 Å². The summed E-state index contributed by atoms with van der Waals surface area (Å²) in [5, 5.41) is 0. The highest BCUT2D eigenvalue weighted by molar-refractivity contribution is 7.53. The third kappa shape index (κ3) is 8.27. The van der Waals surface area contributed by atoms with Crippen molar-refractivity contribution in [2.75, 3.05) is 62.5 Å². The third-order valence-corrected chi connectivity index (χ3v) is 11.6. The molecule has 0 N–H and O–H groups in total. The van der Waals surface area contributed by atoms with Gasteiger partial charge in [0, 0.05) is 61.9 Å². The fraction of sp³-hybridized carbons (Fsp3) is 1.00. The summed E-state index contributed by atoms with van der Waals surface area (Å²) in [5.74, 6) is 0. The summed E-state index contributed by atoms with van der Waals surface area (Å²) in [6.45, 7) is 0.261. The zero-order valence-electron chi connectivity index (χ0n) is 16.4. The molecule has 0 radical (unpaired) electrons. The van der Waals surface area contributed by atoms with Gasteiger partial charge in [0.25, 0.3) is 0 Å². The zero-order valence-corrected chi connectivity index (χ0v) is 19.3. The van der Waals surface area contributed by atoms with Gasteiger partial charge in [0.2, 0.25) is 0 Å². The fourth-order valence-corrected chi connectivity index (χ4v) is 7.38. The van der Waals surface area contributed by atoms with E-state index in [4.69, 9.17) is 35.6 Å². The van der Waals surface area contributed by atoms with Crippen LogP contribution in [-0.2, 0) is 40.2 Å². The van der Waals surface area contributed by atoms with E-state index >= 15 is 0 Å². The second-order valence-corrected chi connectivity index (χ2v) is 13.6. The lowest BCUT2D eigenvalue weighted by Crippen LogP contribution is -2.42. The van der Waals surface area contributed by atoms with Gasteiger partial charge in [-0.25, -0.2) is 0 Å². The first-order chi connectivity index (χ1) is 11.8. The van der Waals surface area contributed by atoms with Crippen LogP contribution in [0.3, 0.4) is 0 Å². The van der Waals surface area contributed by atoms with Gasteiger partial charge in [-0.05, 0) is 12.8 Å². The number of hydrogen-bond acceptors (Lipinski definition) is 9. The molecule has 1 atom stereocenters. The molecule has 152 valence electrons. The molecule has 0 rings (SSSR count). The van der Waals surface area contributed by atoms with Gasteiger partial charge < -0.3 is 35.6 Å². The molecule has 0 amide bonds. The van der Waals surface area contributed by atoms with Crippen molar-refractivity contribution in [3.8, 4) is 0 Å². The molecule has 0 aromatic rings. The summed E-state index contributed by atoms with van der Waals surface area (Å²) in [6, 6.07) is 1.09. The van der Waals surface area contributed by atoms with E-state index in [1.807, 2.05) is 0 Å². The summed E-state index contributed by atoms with van der Waals surface area (Å²) < 4.78 is 55.3. The van der Waals surface area contributed by atoms with Crippen LogP contribution in [0.4, 0.5) is 0 Å². The van der Waals surface area contributed by atoms with E-state index in [0.29, 0.717) is 24.9 Å². The molecule has 1 unspecified atom stereocenters. The van der Waals surface area contributed by atoms with Gasteiger partial charge in [-0.2, -0.15) is 0 Å². The lowest BCUT2D eigenvalue weighted by atomic mass is 10.5. The van der Waals surface area contributed by atoms with Crippen LogP contribution < -0.4 is 0 Å². The lowest BCUT2D eigenvalue weighted by molar-refractivity contribution is 0.120. The predicted octanol–water partition coefficient (Wildman–Crippen LogP) is 2.38. The Balaban J connectivity index is 4.40. The first-order valence-electron chi connectivity index (χ1n) is 7.94. The smallest absolute Gasteiger partial charge is 0.377 e. The van der Waals surface area contributed by atoms with Crippen LogP contribution in [0.2, 0.25) is 12.1 Å². The van der Waals surface area contributed by atoms with Crippen LogP contribution in [0.5, 0.6) is 0 Å². The first kappa shape index (κ1) is 25.3. The van der Waals surface area contributed by atoms with E-state index < -0.39 is 25.2 Å². The van der Waals surface area contributed by atoms with Crippen molar-refractivity contribution in [1.29, 1.82) is 0 Å². The lowest BCUT2D eigenvalue weighted by Gasteiger charge is -2.25. The maximum Gasteiger partial charge on any atom is 0.500 e. The van der Waals surface area contributed by atoms with Gasteiger partial charge in [-0.15, -0.1) is 0 Å². The van der Waals surface area contributed by atoms with Crippen molar-refractivity contribution >= 4 is 25.2 Å². The highest BCUT2D eigenvalue weighted by atomic mass is 31.2. The normalized spacial score (nSPS) is 15.3. The third-order valence-electron chi connectivity index (χ3n) is 3.97. The Morgan fingerprint density at radius 2 is 1.08 bits per heavy atom. The van der Waals surface area contributed by atoms with Crippen LogP contribution in [0.15, 0.2) is 0 Å². The van der Waals surface area contributed by atoms with E-state index in [1.165, 1.54) is 7.11 Å². The minimum atomic E-state index is -3.18. The molecule has 0 saturated carbocycles. The summed E-state index contributed by atoms with van der Waals surface area (Å²) >= 11 is 0. The number of rotatable bonds is 16. The quantitative estimate of drug-likeness (QED) is 0.212. The molecule has 9 nitrogen and oxygen atoms in total. The molecule has 25 heavy (non-hydrogen) atoms. The highest BCUT2D eigenvalue weighted by Gasteiger charge is 2.39. The van der Waals surface area contributed by atoms with E-state index in [2.05, 4.69) is 0 Å². The minimum absolute atomic E-state index is 0.260. The van der Waals surface area contributed by atoms with Crippen LogP contribution in [0.1, 0.15) is 12.8 Å². The summed E-state index contributed by atoms with van der Waals surface area (Å²) in [4.78, 5) is 0. The summed E-state index contributed by atoms with van der Waals surface area (Å²) in [6.07, 6.45) is 1.39. The molecule has 0 saturated heterocycles. The molecular weight excluding hydrogens is 387 g/mol. The van der Waals surface area contributed by atoms with Crippen LogP contribution in [0, 0.1) is 0 Å². The molecule has 0 aliphatic carbocycles. The molecule has 0 aromatic carbocycles. The van der Waals surface area contributed by atoms with Crippen LogP contribution >= 0.6 is 7.60 Å². The summed E-state index contributed by atoms with van der Waals surface area (Å²) in [5.41, 5.74) is 0. The van der Waals surface area contributed by atoms with Gasteiger partial charge >= 0.3 is 25.2 Å². The second-order valence-electron chi connectivity index (χ2n) is 5.15. The van der Waals surface area contributed by atoms with Crippen molar-refractivity contribution in [3.63, 3.8) is 0 Å². The van der Waals surface area contributed by atoms with Crippen LogP contribution in [-0.4, -0.2) is 80.1 Å². The minimum Gasteiger partial charge on any atom is -0.377 e. The largest absolute Gasteiger partial charge is 0.500 e. The maximum absolute atomic E-state index is 12.6. The molecule has 0 aliphatic rings. The Morgan fingerprint density at radius 1 is 0.680 bits per heavy atom. The van der Waals surface area contributed by atoms with Gasteiger partial charge in [0.15, 0.2) is 0 Å². The Morgan fingerprint density at radius 3 is 1.44 bits per heavy atom. The number of hydrogen-bond donors (Lipinski definition) is 0. The Hall–Kier alpha value is 0.344. The van der Waals surface area contributed by atoms with Crippen molar-refractivity contribution < 1.29 is 40.2 Å². The predicted molar refractivity (Wildman–Crippen MR) is 97.8 cm³/mol. The summed E-state index contributed by atoms with van der Waals surface area (Å²) in [7, 11) is 2.17. The molecule has 0 heterocycles. The Labute approximate surface area is 153 Å². The van der Waals surface area contributed by atoms with Crippen LogP contribution in [0.25, 0.3) is 0 Å². The standard InChI is InChI=1S/C13H33O9PSi2/c1-15-23(14,11-9-13-25(19-5,20-6)21-7)22-10-8-12-24(16-2,17-3)18-4/h8-13H2,1-7H3. The average Bonchev–Trinajstić information content (AvgIpc) is 2.66. The molecule has 0 fully saturated rings. The van der Waals surface area contributed by atoms with Crippen molar-refractivity contribution in [3.05, 3.63) is 0 Å². The molecular formula is C13H33O9PSi2. The molecule has 0 aromatic heterocycles. The van der Waals surface area contributed by atoms with Crippen molar-refractivity contribution in [1.82, 2.24) is 0 Å². The maximum atomic E-state index is 12.6. The van der Waals surface area contributed by atoms with Gasteiger partial charge in [0.05, 0.1) is 12.8 Å². The second kappa shape index (κ2) is 12.7. The van der Waals surface area contributed by atoms with E-state index in [-0.39, 0.29) is 12.8 Å². The van der Waals surface area contributed by atoms with E-state index in [0.717, 1.165) is 0 Å². The van der Waals surface area contributed by atoms with Gasteiger partial charge in [-0.1, -0.05) is 0 Å². The molecule has 12 heteroatoms. The molecule has 0 bridgehead atoms. The van der Waals surface area contributed by atoms with E-state index in [1.54, 1.807) is 42.7 Å². The monoisotopic (exact) mass is 420 g/mol. The van der Waals surface area contributed by atoms with Crippen molar-refractivity contribution in [2.24, 2.45) is 0 Å². The Bertz CT molecular complexity index is 375. The van der Waals surface area contributed by atoms with Crippen molar-refractivity contribution in [2.45, 2.75) is 24.9 Å². The fourth-order valence-electron chi connectivity index (χ4n) is 2.30. The SMILES string of the molecule is CO[Si](CCCOP(=O)(CCC[Si](OC)(OC)OC)OC)(OC)OC. The molecule has 0 aliphatic heterocycles.